The molecule has 0 radical (unpaired) electrons. The second kappa shape index (κ2) is 4.77. The number of alkyl halides is 1. The third-order valence-electron chi connectivity index (χ3n) is 1.58. The highest BCUT2D eigenvalue weighted by Gasteiger charge is 2.25. The number of carbonyl (C=O) groups is 1. The van der Waals surface area contributed by atoms with Crippen LogP contribution < -0.4 is 0 Å². The molecule has 0 spiro atoms. The van der Waals surface area contributed by atoms with Crippen LogP contribution in [-0.4, -0.2) is 35.2 Å². The van der Waals surface area contributed by atoms with E-state index >= 15 is 0 Å². The summed E-state index contributed by atoms with van der Waals surface area (Å²) in [6.07, 6.45) is 0. The van der Waals surface area contributed by atoms with E-state index in [4.69, 9.17) is 21.3 Å². The molecule has 0 saturated heterocycles. The third-order valence-corrected chi connectivity index (χ3v) is 3.22. The van der Waals surface area contributed by atoms with E-state index < -0.39 is 33.1 Å². The normalized spacial score (nSPS) is 15.9. The van der Waals surface area contributed by atoms with Gasteiger partial charge in [-0.25, -0.2) is 4.79 Å². The van der Waals surface area contributed by atoms with E-state index in [2.05, 4.69) is 6.58 Å². The summed E-state index contributed by atoms with van der Waals surface area (Å²) in [5, 5.41) is 7.48. The molecule has 0 aromatic rings. The van der Waals surface area contributed by atoms with Crippen LogP contribution in [0.25, 0.3) is 0 Å². The Balaban J connectivity index is 4.48. The van der Waals surface area contributed by atoms with Crippen molar-refractivity contribution in [1.29, 1.82) is 0 Å². The monoisotopic (exact) mass is 242 g/mol. The van der Waals surface area contributed by atoms with E-state index in [1.54, 1.807) is 0 Å². The van der Waals surface area contributed by atoms with Gasteiger partial charge in [0.25, 0.3) is 10.1 Å². The minimum atomic E-state index is -4.15. The molecule has 82 valence electrons. The zero-order chi connectivity index (χ0) is 11.5. The molecular formula is C7H11ClO5S. The van der Waals surface area contributed by atoms with Gasteiger partial charge in [-0.3, -0.25) is 4.55 Å². The van der Waals surface area contributed by atoms with Crippen molar-refractivity contribution in [1.82, 2.24) is 0 Å². The van der Waals surface area contributed by atoms with E-state index in [9.17, 15) is 13.2 Å². The summed E-state index contributed by atoms with van der Waals surface area (Å²) >= 11 is 5.63. The summed E-state index contributed by atoms with van der Waals surface area (Å²) in [7, 11) is -4.15. The molecule has 0 aliphatic carbocycles. The van der Waals surface area contributed by atoms with Crippen LogP contribution in [0.3, 0.4) is 0 Å². The fourth-order valence-electron chi connectivity index (χ4n) is 0.878. The smallest absolute Gasteiger partial charge is 0.332 e. The predicted molar refractivity (Wildman–Crippen MR) is 52.0 cm³/mol. The maximum atomic E-state index is 10.5. The molecule has 0 amide bonds. The Morgan fingerprint density at radius 3 is 2.29 bits per heavy atom. The van der Waals surface area contributed by atoms with Gasteiger partial charge in [0.15, 0.2) is 0 Å². The summed E-state index contributed by atoms with van der Waals surface area (Å²) < 4.78 is 29.4. The minimum Gasteiger partial charge on any atom is -0.478 e. The standard InChI is InChI=1S/C7H11ClO5S/c1-4(3-14(11,12)13)6(8)5(2)7(9)10/h4,6H,2-3H2,1H3,(H,9,10)(H,11,12,13). The van der Waals surface area contributed by atoms with Crippen molar-refractivity contribution >= 4 is 27.7 Å². The second-order valence-electron chi connectivity index (χ2n) is 2.96. The van der Waals surface area contributed by atoms with Crippen molar-refractivity contribution in [2.45, 2.75) is 12.3 Å². The quantitative estimate of drug-likeness (QED) is 0.422. The molecule has 2 atom stereocenters. The first-order valence-electron chi connectivity index (χ1n) is 3.66. The molecule has 0 bridgehead atoms. The zero-order valence-corrected chi connectivity index (χ0v) is 9.05. The van der Waals surface area contributed by atoms with Gasteiger partial charge in [0.1, 0.15) is 0 Å². The van der Waals surface area contributed by atoms with E-state index in [1.165, 1.54) is 6.92 Å². The first kappa shape index (κ1) is 13.4. The molecular weight excluding hydrogens is 232 g/mol. The van der Waals surface area contributed by atoms with Crippen LogP contribution in [0, 0.1) is 5.92 Å². The highest BCUT2D eigenvalue weighted by Crippen LogP contribution is 2.19. The van der Waals surface area contributed by atoms with Crippen LogP contribution in [0.4, 0.5) is 0 Å². The fourth-order valence-corrected chi connectivity index (χ4v) is 2.02. The van der Waals surface area contributed by atoms with Gasteiger partial charge in [0, 0.05) is 5.57 Å². The highest BCUT2D eigenvalue weighted by molar-refractivity contribution is 7.85. The average molecular weight is 243 g/mol. The van der Waals surface area contributed by atoms with Crippen molar-refractivity contribution < 1.29 is 22.9 Å². The minimum absolute atomic E-state index is 0.289. The Labute approximate surface area is 87.1 Å². The van der Waals surface area contributed by atoms with Crippen molar-refractivity contribution in [2.75, 3.05) is 5.75 Å². The molecule has 0 aliphatic rings. The molecule has 7 heteroatoms. The Hall–Kier alpha value is -0.590. The van der Waals surface area contributed by atoms with Crippen LogP contribution in [-0.2, 0) is 14.9 Å². The summed E-state index contributed by atoms with van der Waals surface area (Å²) in [5.41, 5.74) is -0.289. The first-order valence-corrected chi connectivity index (χ1v) is 5.71. The van der Waals surface area contributed by atoms with Crippen molar-refractivity contribution in [3.05, 3.63) is 12.2 Å². The van der Waals surface area contributed by atoms with Gasteiger partial charge in [0.05, 0.1) is 11.1 Å². The van der Waals surface area contributed by atoms with Gasteiger partial charge in [-0.2, -0.15) is 8.42 Å². The van der Waals surface area contributed by atoms with Gasteiger partial charge in [-0.1, -0.05) is 13.5 Å². The van der Waals surface area contributed by atoms with Gasteiger partial charge in [0.2, 0.25) is 0 Å². The Bertz CT molecular complexity index is 334. The SMILES string of the molecule is C=C(C(=O)O)C(Cl)C(C)CS(=O)(=O)O. The summed E-state index contributed by atoms with van der Waals surface area (Å²) in [6.45, 7) is 4.61. The molecule has 0 rings (SSSR count). The molecule has 0 aromatic heterocycles. The predicted octanol–water partition coefficient (Wildman–Crippen LogP) is 0.759. The first-order chi connectivity index (χ1) is 6.15. The number of hydrogen-bond donors (Lipinski definition) is 2. The molecule has 2 N–H and O–H groups in total. The number of aliphatic carboxylic acids is 1. The lowest BCUT2D eigenvalue weighted by Crippen LogP contribution is -2.25. The molecule has 0 aromatic carbocycles. The number of carboxylic acid groups (broad SMARTS) is 1. The lowest BCUT2D eigenvalue weighted by atomic mass is 10.0. The van der Waals surface area contributed by atoms with Gasteiger partial charge < -0.3 is 5.11 Å². The lowest BCUT2D eigenvalue weighted by molar-refractivity contribution is -0.132. The van der Waals surface area contributed by atoms with Crippen LogP contribution in [0.5, 0.6) is 0 Å². The highest BCUT2D eigenvalue weighted by atomic mass is 35.5. The van der Waals surface area contributed by atoms with Crippen molar-refractivity contribution in [2.24, 2.45) is 5.92 Å². The topological polar surface area (TPSA) is 91.7 Å². The Kier molecular flexibility index (Phi) is 4.57. The van der Waals surface area contributed by atoms with E-state index in [0.29, 0.717) is 0 Å². The Morgan fingerprint density at radius 2 is 2.00 bits per heavy atom. The van der Waals surface area contributed by atoms with Crippen LogP contribution >= 0.6 is 11.6 Å². The van der Waals surface area contributed by atoms with Gasteiger partial charge in [-0.15, -0.1) is 11.6 Å². The second-order valence-corrected chi connectivity index (χ2v) is 4.93. The maximum Gasteiger partial charge on any atom is 0.332 e. The molecule has 0 heterocycles. The fraction of sp³-hybridized carbons (Fsp3) is 0.571. The van der Waals surface area contributed by atoms with Crippen LogP contribution in [0.1, 0.15) is 6.92 Å². The van der Waals surface area contributed by atoms with E-state index in [-0.39, 0.29) is 5.57 Å². The molecule has 2 unspecified atom stereocenters. The zero-order valence-electron chi connectivity index (χ0n) is 7.47. The summed E-state index contributed by atoms with van der Waals surface area (Å²) in [5.74, 6) is -2.59. The molecule has 0 saturated carbocycles. The third kappa shape index (κ3) is 4.59. The summed E-state index contributed by atoms with van der Waals surface area (Å²) in [4.78, 5) is 10.4. The lowest BCUT2D eigenvalue weighted by Gasteiger charge is -2.15. The molecule has 14 heavy (non-hydrogen) atoms. The Morgan fingerprint density at radius 1 is 1.57 bits per heavy atom. The molecule has 0 aliphatic heterocycles. The van der Waals surface area contributed by atoms with Crippen molar-refractivity contribution in [3.63, 3.8) is 0 Å². The number of hydrogen-bond acceptors (Lipinski definition) is 3. The van der Waals surface area contributed by atoms with Crippen LogP contribution in [0.15, 0.2) is 12.2 Å². The maximum absolute atomic E-state index is 10.5. The summed E-state index contributed by atoms with van der Waals surface area (Å²) in [6, 6.07) is 0. The van der Waals surface area contributed by atoms with Gasteiger partial charge in [-0.05, 0) is 5.92 Å². The van der Waals surface area contributed by atoms with E-state index in [1.807, 2.05) is 0 Å². The number of halogens is 1. The van der Waals surface area contributed by atoms with Gasteiger partial charge >= 0.3 is 5.97 Å². The molecule has 0 fully saturated rings. The van der Waals surface area contributed by atoms with E-state index in [0.717, 1.165) is 0 Å². The average Bonchev–Trinajstić information content (AvgIpc) is 1.98. The largest absolute Gasteiger partial charge is 0.478 e. The van der Waals surface area contributed by atoms with Crippen molar-refractivity contribution in [3.8, 4) is 0 Å². The van der Waals surface area contributed by atoms with Crippen LogP contribution in [0.2, 0.25) is 0 Å². The molecule has 5 nitrogen and oxygen atoms in total. The number of rotatable bonds is 5. The number of carboxylic acids is 1.